The van der Waals surface area contributed by atoms with E-state index in [-0.39, 0.29) is 11.2 Å². The summed E-state index contributed by atoms with van der Waals surface area (Å²) in [7, 11) is 0. The summed E-state index contributed by atoms with van der Waals surface area (Å²) in [5.41, 5.74) is 1.97. The summed E-state index contributed by atoms with van der Waals surface area (Å²) in [6.45, 7) is 5.70. The highest BCUT2D eigenvalue weighted by Crippen LogP contribution is 2.50. The van der Waals surface area contributed by atoms with Crippen molar-refractivity contribution in [3.8, 4) is 0 Å². The molecular weight excluding hydrogens is 300 g/mol. The molecule has 24 heavy (non-hydrogen) atoms. The lowest BCUT2D eigenvalue weighted by molar-refractivity contribution is -0.143. The first-order valence-corrected chi connectivity index (χ1v) is 9.07. The zero-order valence-corrected chi connectivity index (χ0v) is 15.2. The second kappa shape index (κ2) is 7.50. The van der Waals surface area contributed by atoms with Gasteiger partial charge in [-0.05, 0) is 69.4 Å². The third-order valence-corrected chi connectivity index (χ3v) is 5.64. The summed E-state index contributed by atoms with van der Waals surface area (Å²) in [4.78, 5) is 22.8. The van der Waals surface area contributed by atoms with E-state index in [4.69, 9.17) is 0 Å². The van der Waals surface area contributed by atoms with Gasteiger partial charge in [0, 0.05) is 5.41 Å². The number of hydrogen-bond acceptors (Lipinski definition) is 2. The van der Waals surface area contributed by atoms with Gasteiger partial charge in [-0.15, -0.1) is 0 Å². The van der Waals surface area contributed by atoms with Gasteiger partial charge in [-0.2, -0.15) is 0 Å². The minimum Gasteiger partial charge on any atom is -0.481 e. The lowest BCUT2D eigenvalue weighted by atomic mass is 9.83. The Bertz CT molecular complexity index is 560. The number of ketones is 1. The van der Waals surface area contributed by atoms with Gasteiger partial charge >= 0.3 is 5.97 Å². The SMILES string of the molecule is CC(=O)C(C)(C)CCCc1cccc(CCCC2(C(=O)O)CC2)c1. The summed E-state index contributed by atoms with van der Waals surface area (Å²) in [6, 6.07) is 8.60. The van der Waals surface area contributed by atoms with Crippen molar-refractivity contribution in [2.75, 3.05) is 0 Å². The Hall–Kier alpha value is -1.64. The second-order valence-electron chi connectivity index (χ2n) is 8.05. The Balaban J connectivity index is 1.79. The van der Waals surface area contributed by atoms with Crippen molar-refractivity contribution in [2.45, 2.75) is 72.1 Å². The van der Waals surface area contributed by atoms with Crippen LogP contribution in [0.15, 0.2) is 24.3 Å². The zero-order chi connectivity index (χ0) is 17.8. The molecule has 0 spiro atoms. The van der Waals surface area contributed by atoms with Gasteiger partial charge in [-0.1, -0.05) is 38.1 Å². The number of Topliss-reactive ketones (excluding diaryl/α,β-unsaturated/α-hetero) is 1. The molecule has 0 aromatic heterocycles. The highest BCUT2D eigenvalue weighted by Gasteiger charge is 2.49. The fraction of sp³-hybridized carbons (Fsp3) is 0.619. The van der Waals surface area contributed by atoms with Gasteiger partial charge in [0.1, 0.15) is 5.78 Å². The smallest absolute Gasteiger partial charge is 0.309 e. The Kier molecular flexibility index (Phi) is 5.84. The number of carbonyl (C=O) groups excluding carboxylic acids is 1. The molecule has 1 saturated carbocycles. The van der Waals surface area contributed by atoms with Crippen LogP contribution in [0.3, 0.4) is 0 Å². The molecule has 1 aromatic carbocycles. The molecule has 1 aliphatic rings. The van der Waals surface area contributed by atoms with Crippen molar-refractivity contribution in [1.82, 2.24) is 0 Å². The minimum atomic E-state index is -0.621. The van der Waals surface area contributed by atoms with Crippen LogP contribution in [0.5, 0.6) is 0 Å². The Morgan fingerprint density at radius 1 is 1.12 bits per heavy atom. The predicted molar refractivity (Wildman–Crippen MR) is 96.1 cm³/mol. The summed E-state index contributed by atoms with van der Waals surface area (Å²) >= 11 is 0. The Morgan fingerprint density at radius 2 is 1.71 bits per heavy atom. The third-order valence-electron chi connectivity index (χ3n) is 5.64. The summed E-state index contributed by atoms with van der Waals surface area (Å²) in [6.07, 6.45) is 7.27. The van der Waals surface area contributed by atoms with E-state index in [1.807, 2.05) is 13.8 Å². The second-order valence-corrected chi connectivity index (χ2v) is 8.05. The number of rotatable bonds is 10. The highest BCUT2D eigenvalue weighted by atomic mass is 16.4. The maximum atomic E-state index is 11.6. The molecule has 0 amide bonds. The third kappa shape index (κ3) is 4.93. The topological polar surface area (TPSA) is 54.4 Å². The van der Waals surface area contributed by atoms with Gasteiger partial charge in [-0.25, -0.2) is 0 Å². The Morgan fingerprint density at radius 3 is 2.21 bits per heavy atom. The van der Waals surface area contributed by atoms with Crippen LogP contribution in [0, 0.1) is 10.8 Å². The summed E-state index contributed by atoms with van der Waals surface area (Å²) in [5, 5.41) is 9.22. The average molecular weight is 330 g/mol. The van der Waals surface area contributed by atoms with Gasteiger partial charge in [0.2, 0.25) is 0 Å². The van der Waals surface area contributed by atoms with Gasteiger partial charge in [0.15, 0.2) is 0 Å². The predicted octanol–water partition coefficient (Wildman–Crippen LogP) is 4.81. The van der Waals surface area contributed by atoms with E-state index in [9.17, 15) is 14.7 Å². The van der Waals surface area contributed by atoms with Gasteiger partial charge < -0.3 is 5.11 Å². The standard InChI is InChI=1S/C21H30O3/c1-16(22)20(2,3)11-5-9-17-7-4-8-18(15-17)10-6-12-21(13-14-21)19(23)24/h4,7-8,15H,5-6,9-14H2,1-3H3,(H,23,24). The van der Waals surface area contributed by atoms with Crippen LogP contribution >= 0.6 is 0 Å². The molecular formula is C21H30O3. The molecule has 3 nitrogen and oxygen atoms in total. The summed E-state index contributed by atoms with van der Waals surface area (Å²) < 4.78 is 0. The van der Waals surface area contributed by atoms with Crippen molar-refractivity contribution in [2.24, 2.45) is 10.8 Å². The van der Waals surface area contributed by atoms with Crippen LogP contribution in [0.1, 0.15) is 70.4 Å². The molecule has 0 radical (unpaired) electrons. The van der Waals surface area contributed by atoms with Crippen LogP contribution in [0.4, 0.5) is 0 Å². The normalized spacial score (nSPS) is 16.0. The van der Waals surface area contributed by atoms with E-state index >= 15 is 0 Å². The largest absolute Gasteiger partial charge is 0.481 e. The van der Waals surface area contributed by atoms with E-state index < -0.39 is 11.4 Å². The molecule has 3 heteroatoms. The van der Waals surface area contributed by atoms with Gasteiger partial charge in [0.05, 0.1) is 5.41 Å². The van der Waals surface area contributed by atoms with E-state index in [0.29, 0.717) is 0 Å². The number of aliphatic carboxylic acids is 1. The molecule has 1 N–H and O–H groups in total. The fourth-order valence-electron chi connectivity index (χ4n) is 3.20. The number of benzene rings is 1. The molecule has 2 rings (SSSR count). The van der Waals surface area contributed by atoms with Crippen LogP contribution in [0.2, 0.25) is 0 Å². The van der Waals surface area contributed by atoms with Gasteiger partial charge in [-0.3, -0.25) is 9.59 Å². The van der Waals surface area contributed by atoms with Gasteiger partial charge in [0.25, 0.3) is 0 Å². The average Bonchev–Trinajstić information content (AvgIpc) is 3.28. The Labute approximate surface area is 145 Å². The first-order chi connectivity index (χ1) is 11.3. The minimum absolute atomic E-state index is 0.229. The van der Waals surface area contributed by atoms with E-state index in [0.717, 1.165) is 51.4 Å². The van der Waals surface area contributed by atoms with E-state index in [2.05, 4.69) is 24.3 Å². The highest BCUT2D eigenvalue weighted by molar-refractivity contribution is 5.81. The van der Waals surface area contributed by atoms with Crippen molar-refractivity contribution >= 4 is 11.8 Å². The number of carboxylic acid groups (broad SMARTS) is 1. The maximum absolute atomic E-state index is 11.6. The van der Waals surface area contributed by atoms with Crippen LogP contribution in [0.25, 0.3) is 0 Å². The van der Waals surface area contributed by atoms with Crippen molar-refractivity contribution in [1.29, 1.82) is 0 Å². The monoisotopic (exact) mass is 330 g/mol. The van der Waals surface area contributed by atoms with Crippen LogP contribution in [-0.4, -0.2) is 16.9 Å². The molecule has 0 saturated heterocycles. The lowest BCUT2D eigenvalue weighted by Gasteiger charge is -2.20. The molecule has 0 atom stereocenters. The number of hydrogen-bond donors (Lipinski definition) is 1. The van der Waals surface area contributed by atoms with Crippen molar-refractivity contribution in [3.63, 3.8) is 0 Å². The quantitative estimate of drug-likeness (QED) is 0.669. The molecule has 0 unspecified atom stereocenters. The molecule has 1 aromatic rings. The molecule has 0 aliphatic heterocycles. The number of aryl methyl sites for hydroxylation is 2. The lowest BCUT2D eigenvalue weighted by Crippen LogP contribution is -2.21. The van der Waals surface area contributed by atoms with Crippen LogP contribution in [-0.2, 0) is 22.4 Å². The summed E-state index contributed by atoms with van der Waals surface area (Å²) in [5.74, 6) is -0.368. The molecule has 1 aliphatic carbocycles. The van der Waals surface area contributed by atoms with Crippen LogP contribution < -0.4 is 0 Å². The maximum Gasteiger partial charge on any atom is 0.309 e. The first kappa shape index (κ1) is 18.7. The van der Waals surface area contributed by atoms with E-state index in [1.165, 1.54) is 11.1 Å². The zero-order valence-electron chi connectivity index (χ0n) is 15.2. The van der Waals surface area contributed by atoms with Crippen molar-refractivity contribution in [3.05, 3.63) is 35.4 Å². The number of carbonyl (C=O) groups is 2. The molecule has 0 heterocycles. The molecule has 0 bridgehead atoms. The molecule has 132 valence electrons. The number of carboxylic acids is 1. The first-order valence-electron chi connectivity index (χ1n) is 9.07. The van der Waals surface area contributed by atoms with E-state index in [1.54, 1.807) is 6.92 Å². The fourth-order valence-corrected chi connectivity index (χ4v) is 3.20. The molecule has 1 fully saturated rings. The van der Waals surface area contributed by atoms with Crippen molar-refractivity contribution < 1.29 is 14.7 Å².